The van der Waals surface area contributed by atoms with Crippen LogP contribution in [0.15, 0.2) is 23.0 Å². The Morgan fingerprint density at radius 3 is 2.33 bits per heavy atom. The van der Waals surface area contributed by atoms with Crippen LogP contribution in [0, 0.1) is 5.41 Å². The molecule has 0 unspecified atom stereocenters. The van der Waals surface area contributed by atoms with Gasteiger partial charge < -0.3 is 10.2 Å². The molecule has 0 aliphatic carbocycles. The highest BCUT2D eigenvalue weighted by atomic mass is 35.5. The van der Waals surface area contributed by atoms with Crippen molar-refractivity contribution in [3.05, 3.63) is 24.2 Å². The number of halogens is 1. The molecule has 1 aromatic heterocycles. The largest absolute Gasteiger partial charge is 0.472 e. The van der Waals surface area contributed by atoms with E-state index in [-0.39, 0.29) is 23.9 Å². The number of furan rings is 1. The van der Waals surface area contributed by atoms with Gasteiger partial charge in [-0.05, 0) is 11.5 Å². The van der Waals surface area contributed by atoms with E-state index < -0.39 is 0 Å². The minimum absolute atomic E-state index is 0. The summed E-state index contributed by atoms with van der Waals surface area (Å²) in [5.41, 5.74) is 7.12. The van der Waals surface area contributed by atoms with Crippen LogP contribution in [0.5, 0.6) is 0 Å². The first kappa shape index (κ1) is 11.5. The molecule has 0 saturated carbocycles. The highest BCUT2D eigenvalue weighted by Gasteiger charge is 2.22. The Hall–Kier alpha value is -0.470. The molecule has 70 valence electrons. The van der Waals surface area contributed by atoms with Gasteiger partial charge in [-0.25, -0.2) is 0 Å². The summed E-state index contributed by atoms with van der Waals surface area (Å²) in [5.74, 6) is 0. The van der Waals surface area contributed by atoms with Crippen molar-refractivity contribution in [3.63, 3.8) is 0 Å². The molecule has 2 nitrogen and oxygen atoms in total. The van der Waals surface area contributed by atoms with E-state index in [0.717, 1.165) is 5.56 Å². The van der Waals surface area contributed by atoms with Crippen LogP contribution in [-0.4, -0.2) is 0 Å². The molecule has 0 bridgehead atoms. The summed E-state index contributed by atoms with van der Waals surface area (Å²) in [7, 11) is 0. The topological polar surface area (TPSA) is 39.2 Å². The molecule has 0 aliphatic rings. The molecule has 0 aromatic carbocycles. The SMILES string of the molecule is CC(C)(C)[C@H](N)c1ccoc1.Cl. The van der Waals surface area contributed by atoms with Crippen molar-refractivity contribution in [2.45, 2.75) is 26.8 Å². The molecule has 1 atom stereocenters. The van der Waals surface area contributed by atoms with Gasteiger partial charge in [0.25, 0.3) is 0 Å². The zero-order valence-corrected chi connectivity index (χ0v) is 8.52. The van der Waals surface area contributed by atoms with Crippen molar-refractivity contribution < 1.29 is 4.42 Å². The molecule has 1 heterocycles. The fourth-order valence-corrected chi connectivity index (χ4v) is 0.952. The summed E-state index contributed by atoms with van der Waals surface area (Å²) in [6.07, 6.45) is 3.36. The lowest BCUT2D eigenvalue weighted by atomic mass is 9.84. The third-order valence-corrected chi connectivity index (χ3v) is 1.84. The molecule has 12 heavy (non-hydrogen) atoms. The zero-order chi connectivity index (χ0) is 8.48. The maximum atomic E-state index is 5.96. The summed E-state index contributed by atoms with van der Waals surface area (Å²) in [6, 6.07) is 1.97. The van der Waals surface area contributed by atoms with E-state index in [4.69, 9.17) is 10.2 Å². The van der Waals surface area contributed by atoms with Crippen molar-refractivity contribution in [1.82, 2.24) is 0 Å². The van der Waals surface area contributed by atoms with Crippen LogP contribution in [0.2, 0.25) is 0 Å². The second kappa shape index (κ2) is 3.97. The minimum atomic E-state index is 0. The molecular formula is C9H16ClNO. The van der Waals surface area contributed by atoms with Gasteiger partial charge in [0.05, 0.1) is 12.5 Å². The Kier molecular flexibility index (Phi) is 3.81. The number of hydrogen-bond donors (Lipinski definition) is 1. The Balaban J connectivity index is 0.00000121. The number of hydrogen-bond acceptors (Lipinski definition) is 2. The van der Waals surface area contributed by atoms with Crippen molar-refractivity contribution in [2.24, 2.45) is 11.1 Å². The monoisotopic (exact) mass is 189 g/mol. The fraction of sp³-hybridized carbons (Fsp3) is 0.556. The van der Waals surface area contributed by atoms with Gasteiger partial charge >= 0.3 is 0 Å². The molecule has 1 rings (SSSR count). The van der Waals surface area contributed by atoms with Gasteiger partial charge in [0.1, 0.15) is 0 Å². The van der Waals surface area contributed by atoms with Gasteiger partial charge in [-0.1, -0.05) is 20.8 Å². The van der Waals surface area contributed by atoms with Gasteiger partial charge in [0.15, 0.2) is 0 Å². The minimum Gasteiger partial charge on any atom is -0.472 e. The average molecular weight is 190 g/mol. The van der Waals surface area contributed by atoms with E-state index in [2.05, 4.69) is 20.8 Å². The third kappa shape index (κ3) is 2.54. The van der Waals surface area contributed by atoms with E-state index in [0.29, 0.717) is 0 Å². The van der Waals surface area contributed by atoms with Gasteiger partial charge in [-0.2, -0.15) is 0 Å². The highest BCUT2D eigenvalue weighted by molar-refractivity contribution is 5.85. The summed E-state index contributed by atoms with van der Waals surface area (Å²) in [6.45, 7) is 6.35. The van der Waals surface area contributed by atoms with Crippen molar-refractivity contribution in [3.8, 4) is 0 Å². The van der Waals surface area contributed by atoms with Gasteiger partial charge in [0, 0.05) is 11.6 Å². The van der Waals surface area contributed by atoms with Gasteiger partial charge in [0.2, 0.25) is 0 Å². The zero-order valence-electron chi connectivity index (χ0n) is 7.70. The maximum Gasteiger partial charge on any atom is 0.0950 e. The first-order valence-corrected chi connectivity index (χ1v) is 3.79. The standard InChI is InChI=1S/C9H15NO.ClH/c1-9(2,3)8(10)7-4-5-11-6-7;/h4-6,8H,10H2,1-3H3;1H/t8-;/m1./s1. The van der Waals surface area contributed by atoms with E-state index in [1.165, 1.54) is 0 Å². The lowest BCUT2D eigenvalue weighted by molar-refractivity contribution is 0.325. The normalized spacial score (nSPS) is 13.7. The Morgan fingerprint density at radius 2 is 2.00 bits per heavy atom. The summed E-state index contributed by atoms with van der Waals surface area (Å²) < 4.78 is 4.95. The van der Waals surface area contributed by atoms with Crippen molar-refractivity contribution in [1.29, 1.82) is 0 Å². The summed E-state index contributed by atoms with van der Waals surface area (Å²) >= 11 is 0. The molecule has 1 aromatic rings. The lowest BCUT2D eigenvalue weighted by Crippen LogP contribution is -2.25. The Bertz CT molecular complexity index is 213. The predicted octanol–water partition coefficient (Wildman–Crippen LogP) is 2.75. The molecule has 3 heteroatoms. The van der Waals surface area contributed by atoms with E-state index in [1.54, 1.807) is 12.5 Å². The smallest absolute Gasteiger partial charge is 0.0950 e. The summed E-state index contributed by atoms with van der Waals surface area (Å²) in [5, 5.41) is 0. The molecule has 0 fully saturated rings. The lowest BCUT2D eigenvalue weighted by Gasteiger charge is -2.25. The molecule has 0 radical (unpaired) electrons. The van der Waals surface area contributed by atoms with Crippen LogP contribution in [-0.2, 0) is 0 Å². The van der Waals surface area contributed by atoms with E-state index in [1.807, 2.05) is 6.07 Å². The van der Waals surface area contributed by atoms with Crippen molar-refractivity contribution >= 4 is 12.4 Å². The first-order valence-electron chi connectivity index (χ1n) is 3.79. The Morgan fingerprint density at radius 1 is 1.42 bits per heavy atom. The van der Waals surface area contributed by atoms with Crippen LogP contribution in [0.1, 0.15) is 32.4 Å². The molecule has 0 saturated heterocycles. The highest BCUT2D eigenvalue weighted by Crippen LogP contribution is 2.30. The second-order valence-corrected chi connectivity index (χ2v) is 3.90. The van der Waals surface area contributed by atoms with Crippen LogP contribution < -0.4 is 5.73 Å². The van der Waals surface area contributed by atoms with Crippen LogP contribution in [0.25, 0.3) is 0 Å². The molecular weight excluding hydrogens is 174 g/mol. The molecule has 0 aliphatic heterocycles. The fourth-order valence-electron chi connectivity index (χ4n) is 0.952. The third-order valence-electron chi connectivity index (χ3n) is 1.84. The average Bonchev–Trinajstić information content (AvgIpc) is 2.34. The quantitative estimate of drug-likeness (QED) is 0.738. The molecule has 0 amide bonds. The van der Waals surface area contributed by atoms with Crippen LogP contribution >= 0.6 is 12.4 Å². The van der Waals surface area contributed by atoms with Crippen LogP contribution in [0.3, 0.4) is 0 Å². The predicted molar refractivity (Wildman–Crippen MR) is 52.3 cm³/mol. The Labute approximate surface area is 79.5 Å². The molecule has 2 N–H and O–H groups in total. The van der Waals surface area contributed by atoms with E-state index >= 15 is 0 Å². The number of rotatable bonds is 1. The van der Waals surface area contributed by atoms with Crippen LogP contribution in [0.4, 0.5) is 0 Å². The second-order valence-electron chi connectivity index (χ2n) is 3.90. The van der Waals surface area contributed by atoms with Crippen molar-refractivity contribution in [2.75, 3.05) is 0 Å². The maximum absolute atomic E-state index is 5.96. The van der Waals surface area contributed by atoms with Gasteiger partial charge in [-0.15, -0.1) is 12.4 Å². The molecule has 0 spiro atoms. The van der Waals surface area contributed by atoms with E-state index in [9.17, 15) is 0 Å². The number of nitrogens with two attached hydrogens (primary N) is 1. The summed E-state index contributed by atoms with van der Waals surface area (Å²) in [4.78, 5) is 0. The first-order chi connectivity index (χ1) is 5.02. The van der Waals surface area contributed by atoms with Gasteiger partial charge in [-0.3, -0.25) is 0 Å².